The third-order valence-corrected chi connectivity index (χ3v) is 3.38. The second kappa shape index (κ2) is 8.27. The van der Waals surface area contributed by atoms with Gasteiger partial charge >= 0.3 is 0 Å². The maximum atomic E-state index is 11.5. The van der Waals surface area contributed by atoms with Crippen LogP contribution >= 0.6 is 15.9 Å². The van der Waals surface area contributed by atoms with Crippen LogP contribution in [0.15, 0.2) is 22.7 Å². The fraction of sp³-hybridized carbons (Fsp3) is 0.533. The van der Waals surface area contributed by atoms with Crippen molar-refractivity contribution in [1.82, 2.24) is 5.32 Å². The lowest BCUT2D eigenvalue weighted by molar-refractivity contribution is -0.122. The zero-order valence-corrected chi connectivity index (χ0v) is 13.9. The molecule has 1 amide bonds. The standard InChI is InChI=1S/C15H23BrN2O2/c1-10(2)18-15(19)6-7-20-13-4-5-14(16)12(9-13)8-11(3)17/h4-5,9-11H,6-8,17H2,1-3H3,(H,18,19). The second-order valence-electron chi connectivity index (χ2n) is 5.26. The Morgan fingerprint density at radius 2 is 2.10 bits per heavy atom. The Labute approximate surface area is 129 Å². The van der Waals surface area contributed by atoms with Crippen LogP contribution in [0.5, 0.6) is 5.75 Å². The van der Waals surface area contributed by atoms with Crippen LogP contribution in [0.1, 0.15) is 32.8 Å². The quantitative estimate of drug-likeness (QED) is 0.800. The smallest absolute Gasteiger partial charge is 0.223 e. The van der Waals surface area contributed by atoms with E-state index in [-0.39, 0.29) is 18.0 Å². The number of carbonyl (C=O) groups is 1. The van der Waals surface area contributed by atoms with Gasteiger partial charge in [0.15, 0.2) is 0 Å². The molecule has 0 spiro atoms. The van der Waals surface area contributed by atoms with Crippen molar-refractivity contribution in [3.05, 3.63) is 28.2 Å². The first kappa shape index (κ1) is 17.0. The van der Waals surface area contributed by atoms with Crippen LogP contribution in [0.2, 0.25) is 0 Å². The summed E-state index contributed by atoms with van der Waals surface area (Å²) in [5, 5.41) is 2.83. The Bertz CT molecular complexity index is 447. The predicted octanol–water partition coefficient (Wildman–Crippen LogP) is 2.63. The number of hydrogen-bond donors (Lipinski definition) is 2. The first-order valence-corrected chi connectivity index (χ1v) is 7.64. The number of carbonyl (C=O) groups excluding carboxylic acids is 1. The van der Waals surface area contributed by atoms with Gasteiger partial charge in [0.25, 0.3) is 0 Å². The largest absolute Gasteiger partial charge is 0.493 e. The highest BCUT2D eigenvalue weighted by molar-refractivity contribution is 9.10. The molecule has 0 radical (unpaired) electrons. The minimum Gasteiger partial charge on any atom is -0.493 e. The number of halogens is 1. The van der Waals surface area contributed by atoms with E-state index in [1.54, 1.807) is 0 Å². The summed E-state index contributed by atoms with van der Waals surface area (Å²) in [7, 11) is 0. The molecule has 20 heavy (non-hydrogen) atoms. The van der Waals surface area contributed by atoms with Gasteiger partial charge in [0, 0.05) is 16.6 Å². The van der Waals surface area contributed by atoms with Gasteiger partial charge in [-0.15, -0.1) is 0 Å². The van der Waals surface area contributed by atoms with Crippen molar-refractivity contribution < 1.29 is 9.53 Å². The van der Waals surface area contributed by atoms with Crippen LogP contribution < -0.4 is 15.8 Å². The summed E-state index contributed by atoms with van der Waals surface area (Å²) < 4.78 is 6.64. The molecule has 1 unspecified atom stereocenters. The van der Waals surface area contributed by atoms with Crippen LogP contribution in [-0.2, 0) is 11.2 Å². The van der Waals surface area contributed by atoms with Crippen molar-refractivity contribution in [1.29, 1.82) is 0 Å². The average Bonchev–Trinajstić information content (AvgIpc) is 2.31. The van der Waals surface area contributed by atoms with E-state index in [2.05, 4.69) is 21.2 Å². The Morgan fingerprint density at radius 3 is 2.70 bits per heavy atom. The average molecular weight is 343 g/mol. The van der Waals surface area contributed by atoms with Gasteiger partial charge in [-0.1, -0.05) is 15.9 Å². The summed E-state index contributed by atoms with van der Waals surface area (Å²) in [6, 6.07) is 6.05. The molecule has 1 rings (SSSR count). The molecule has 0 bridgehead atoms. The number of rotatable bonds is 7. The lowest BCUT2D eigenvalue weighted by atomic mass is 10.1. The summed E-state index contributed by atoms with van der Waals surface area (Å²) in [5.74, 6) is 0.772. The van der Waals surface area contributed by atoms with Crippen molar-refractivity contribution in [2.75, 3.05) is 6.61 Å². The van der Waals surface area contributed by atoms with E-state index in [1.807, 2.05) is 39.0 Å². The normalized spacial score (nSPS) is 12.3. The van der Waals surface area contributed by atoms with E-state index in [0.29, 0.717) is 13.0 Å². The molecule has 0 fully saturated rings. The highest BCUT2D eigenvalue weighted by Crippen LogP contribution is 2.23. The second-order valence-corrected chi connectivity index (χ2v) is 6.11. The number of nitrogens with two attached hydrogens (primary N) is 1. The summed E-state index contributed by atoms with van der Waals surface area (Å²) >= 11 is 3.50. The molecule has 0 heterocycles. The van der Waals surface area contributed by atoms with Crippen LogP contribution in [0.25, 0.3) is 0 Å². The van der Waals surface area contributed by atoms with Crippen molar-refractivity contribution in [2.45, 2.75) is 45.7 Å². The van der Waals surface area contributed by atoms with Gasteiger partial charge in [-0.3, -0.25) is 4.79 Å². The SMILES string of the molecule is CC(N)Cc1cc(OCCC(=O)NC(C)C)ccc1Br. The van der Waals surface area contributed by atoms with E-state index in [9.17, 15) is 4.79 Å². The van der Waals surface area contributed by atoms with E-state index in [0.717, 1.165) is 22.2 Å². The topological polar surface area (TPSA) is 64.3 Å². The summed E-state index contributed by atoms with van der Waals surface area (Å²) in [6.07, 6.45) is 1.14. The van der Waals surface area contributed by atoms with Gasteiger partial charge in [0.1, 0.15) is 5.75 Å². The maximum Gasteiger partial charge on any atom is 0.223 e. The molecular weight excluding hydrogens is 320 g/mol. The van der Waals surface area contributed by atoms with Crippen molar-refractivity contribution in [2.24, 2.45) is 5.73 Å². The van der Waals surface area contributed by atoms with Gasteiger partial charge in [0.05, 0.1) is 13.0 Å². The molecular formula is C15H23BrN2O2. The van der Waals surface area contributed by atoms with Crippen LogP contribution in [0, 0.1) is 0 Å². The monoisotopic (exact) mass is 342 g/mol. The van der Waals surface area contributed by atoms with E-state index >= 15 is 0 Å². The molecule has 0 aromatic heterocycles. The third kappa shape index (κ3) is 6.39. The fourth-order valence-electron chi connectivity index (χ4n) is 1.80. The number of amides is 1. The molecule has 112 valence electrons. The van der Waals surface area contributed by atoms with Gasteiger partial charge < -0.3 is 15.8 Å². The molecule has 4 nitrogen and oxygen atoms in total. The Hall–Kier alpha value is -1.07. The van der Waals surface area contributed by atoms with Gasteiger partial charge in [-0.25, -0.2) is 0 Å². The van der Waals surface area contributed by atoms with E-state index in [1.165, 1.54) is 0 Å². The fourth-order valence-corrected chi connectivity index (χ4v) is 2.21. The maximum absolute atomic E-state index is 11.5. The Morgan fingerprint density at radius 1 is 1.40 bits per heavy atom. The van der Waals surface area contributed by atoms with Crippen molar-refractivity contribution in [3.8, 4) is 5.75 Å². The Balaban J connectivity index is 2.50. The lowest BCUT2D eigenvalue weighted by Gasteiger charge is -2.12. The summed E-state index contributed by atoms with van der Waals surface area (Å²) in [5.41, 5.74) is 6.93. The van der Waals surface area contributed by atoms with Crippen molar-refractivity contribution in [3.63, 3.8) is 0 Å². The van der Waals surface area contributed by atoms with Gasteiger partial charge in [0.2, 0.25) is 5.91 Å². The summed E-state index contributed by atoms with van der Waals surface area (Å²) in [6.45, 7) is 6.22. The zero-order chi connectivity index (χ0) is 15.1. The van der Waals surface area contributed by atoms with Gasteiger partial charge in [-0.2, -0.15) is 0 Å². The highest BCUT2D eigenvalue weighted by atomic mass is 79.9. The van der Waals surface area contributed by atoms with Crippen LogP contribution in [0.3, 0.4) is 0 Å². The molecule has 3 N–H and O–H groups in total. The number of nitrogens with one attached hydrogen (secondary N) is 1. The minimum absolute atomic E-state index is 0.00733. The number of ether oxygens (including phenoxy) is 1. The zero-order valence-electron chi connectivity index (χ0n) is 12.3. The first-order valence-electron chi connectivity index (χ1n) is 6.84. The third-order valence-electron chi connectivity index (χ3n) is 2.61. The molecule has 1 atom stereocenters. The molecule has 0 aliphatic rings. The number of hydrogen-bond acceptors (Lipinski definition) is 3. The van der Waals surface area contributed by atoms with Gasteiger partial charge in [-0.05, 0) is 51.0 Å². The molecule has 0 aliphatic heterocycles. The van der Waals surface area contributed by atoms with E-state index < -0.39 is 0 Å². The molecule has 1 aromatic carbocycles. The number of benzene rings is 1. The van der Waals surface area contributed by atoms with Crippen LogP contribution in [-0.4, -0.2) is 24.6 Å². The minimum atomic E-state index is 0.00733. The van der Waals surface area contributed by atoms with E-state index in [4.69, 9.17) is 10.5 Å². The summed E-state index contributed by atoms with van der Waals surface area (Å²) in [4.78, 5) is 11.5. The Kier molecular flexibility index (Phi) is 7.02. The van der Waals surface area contributed by atoms with Crippen LogP contribution in [0.4, 0.5) is 0 Å². The van der Waals surface area contributed by atoms with Crippen molar-refractivity contribution >= 4 is 21.8 Å². The predicted molar refractivity (Wildman–Crippen MR) is 84.9 cm³/mol. The highest BCUT2D eigenvalue weighted by Gasteiger charge is 2.07. The first-order chi connectivity index (χ1) is 9.38. The lowest BCUT2D eigenvalue weighted by Crippen LogP contribution is -2.31. The molecule has 5 heteroatoms. The molecule has 0 saturated heterocycles. The molecule has 0 aliphatic carbocycles. The molecule has 1 aromatic rings. The molecule has 0 saturated carbocycles.